The number of nitrogens with zero attached hydrogens (tertiary/aromatic N) is 5. The summed E-state index contributed by atoms with van der Waals surface area (Å²) in [7, 11) is 0. The first kappa shape index (κ1) is 12.7. The molecule has 18 heavy (non-hydrogen) atoms. The first-order valence-electron chi connectivity index (χ1n) is 5.72. The van der Waals surface area contributed by atoms with Gasteiger partial charge < -0.3 is 10.4 Å². The molecule has 0 N–H and O–H groups in total. The summed E-state index contributed by atoms with van der Waals surface area (Å²) in [5.41, 5.74) is 8.48. The summed E-state index contributed by atoms with van der Waals surface area (Å²) in [5, 5.41) is 0.0211. The Balaban J connectivity index is 2.30. The molecule has 1 aromatic heterocycles. The first-order valence-corrected chi connectivity index (χ1v) is 6.10. The lowest BCUT2D eigenvalue weighted by atomic mass is 10.1. The van der Waals surface area contributed by atoms with Gasteiger partial charge in [-0.15, -0.1) is 0 Å². The van der Waals surface area contributed by atoms with Gasteiger partial charge in [0.05, 0.1) is 0 Å². The maximum Gasteiger partial charge on any atom is 0.329 e. The highest BCUT2D eigenvalue weighted by molar-refractivity contribution is 6.33. The number of carbonyl (C=O) groups is 1. The Morgan fingerprint density at radius 2 is 2.11 bits per heavy atom. The summed E-state index contributed by atoms with van der Waals surface area (Å²) < 4.78 is 0. The third-order valence-electron chi connectivity index (χ3n) is 2.79. The van der Waals surface area contributed by atoms with E-state index in [1.165, 1.54) is 6.42 Å². The van der Waals surface area contributed by atoms with Crippen molar-refractivity contribution in [3.8, 4) is 0 Å². The lowest BCUT2D eigenvalue weighted by Crippen LogP contribution is -2.30. The molecule has 94 valence electrons. The van der Waals surface area contributed by atoms with Crippen molar-refractivity contribution in [1.29, 1.82) is 0 Å². The van der Waals surface area contributed by atoms with Gasteiger partial charge in [-0.1, -0.05) is 0 Å². The van der Waals surface area contributed by atoms with E-state index >= 15 is 0 Å². The molecule has 0 atom stereocenters. The summed E-state index contributed by atoms with van der Waals surface area (Å²) in [6.07, 6.45) is 4.20. The SMILES string of the molecule is [N-]=[N+]=CC(=O)c1cc(N2CCCCC2)nc(Cl)n1. The maximum atomic E-state index is 11.6. The summed E-state index contributed by atoms with van der Waals surface area (Å²) in [4.78, 5) is 24.3. The fourth-order valence-corrected chi connectivity index (χ4v) is 2.11. The van der Waals surface area contributed by atoms with Crippen molar-refractivity contribution in [3.63, 3.8) is 0 Å². The molecule has 0 spiro atoms. The Kier molecular flexibility index (Phi) is 4.02. The number of hydrogen-bond acceptors (Lipinski definition) is 4. The minimum Gasteiger partial charge on any atom is -0.361 e. The molecule has 2 rings (SSSR count). The van der Waals surface area contributed by atoms with Crippen LogP contribution in [0.25, 0.3) is 5.53 Å². The molecule has 1 fully saturated rings. The van der Waals surface area contributed by atoms with Gasteiger partial charge in [0, 0.05) is 19.2 Å². The predicted octanol–water partition coefficient (Wildman–Crippen LogP) is 1.60. The normalized spacial score (nSPS) is 15.1. The van der Waals surface area contributed by atoms with Gasteiger partial charge in [0.1, 0.15) is 11.5 Å². The van der Waals surface area contributed by atoms with Crippen molar-refractivity contribution >= 4 is 29.4 Å². The lowest BCUT2D eigenvalue weighted by Gasteiger charge is -2.27. The van der Waals surface area contributed by atoms with E-state index in [1.807, 2.05) is 0 Å². The zero-order chi connectivity index (χ0) is 13.0. The topological polar surface area (TPSA) is 82.5 Å². The maximum absolute atomic E-state index is 11.6. The van der Waals surface area contributed by atoms with Gasteiger partial charge in [0.2, 0.25) is 5.28 Å². The number of anilines is 1. The second kappa shape index (κ2) is 5.71. The molecular formula is C11H12ClN5O. The van der Waals surface area contributed by atoms with Crippen LogP contribution in [0.15, 0.2) is 6.07 Å². The van der Waals surface area contributed by atoms with Crippen molar-refractivity contribution in [2.45, 2.75) is 19.3 Å². The molecule has 0 aliphatic carbocycles. The van der Waals surface area contributed by atoms with Gasteiger partial charge in [0.25, 0.3) is 5.78 Å². The Bertz CT molecular complexity index is 506. The minimum absolute atomic E-state index is 0.0211. The fraction of sp³-hybridized carbons (Fsp3) is 0.455. The van der Waals surface area contributed by atoms with Crippen LogP contribution in [0.5, 0.6) is 0 Å². The molecule has 0 saturated carbocycles. The van der Waals surface area contributed by atoms with Crippen molar-refractivity contribution in [2.75, 3.05) is 18.0 Å². The molecule has 0 unspecified atom stereocenters. The highest BCUT2D eigenvalue weighted by Crippen LogP contribution is 2.19. The smallest absolute Gasteiger partial charge is 0.329 e. The van der Waals surface area contributed by atoms with Crippen molar-refractivity contribution in [3.05, 3.63) is 22.6 Å². The summed E-state index contributed by atoms with van der Waals surface area (Å²) in [6.45, 7) is 1.80. The van der Waals surface area contributed by atoms with E-state index in [4.69, 9.17) is 17.1 Å². The molecule has 1 saturated heterocycles. The quantitative estimate of drug-likeness (QED) is 0.273. The van der Waals surface area contributed by atoms with Gasteiger partial charge in [0.15, 0.2) is 0 Å². The van der Waals surface area contributed by atoms with Gasteiger partial charge in [-0.2, -0.15) is 4.79 Å². The van der Waals surface area contributed by atoms with Gasteiger partial charge >= 0.3 is 6.21 Å². The zero-order valence-corrected chi connectivity index (χ0v) is 10.5. The molecule has 6 nitrogen and oxygen atoms in total. The van der Waals surface area contributed by atoms with Crippen LogP contribution in [0.2, 0.25) is 5.28 Å². The Morgan fingerprint density at radius 1 is 1.39 bits per heavy atom. The van der Waals surface area contributed by atoms with Gasteiger partial charge in [-0.05, 0) is 30.9 Å². The van der Waals surface area contributed by atoms with Crippen LogP contribution < -0.4 is 4.90 Å². The second-order valence-corrected chi connectivity index (χ2v) is 4.38. The van der Waals surface area contributed by atoms with Crippen LogP contribution in [0, 0.1) is 0 Å². The highest BCUT2D eigenvalue weighted by Gasteiger charge is 2.17. The number of ketones is 1. The number of aromatic nitrogens is 2. The highest BCUT2D eigenvalue weighted by atomic mass is 35.5. The molecule has 0 bridgehead atoms. The van der Waals surface area contributed by atoms with Crippen LogP contribution in [0.4, 0.5) is 5.82 Å². The molecular weight excluding hydrogens is 254 g/mol. The van der Waals surface area contributed by atoms with Crippen LogP contribution in [-0.4, -0.2) is 39.8 Å². The molecule has 1 aromatic rings. The monoisotopic (exact) mass is 265 g/mol. The predicted molar refractivity (Wildman–Crippen MR) is 67.1 cm³/mol. The van der Waals surface area contributed by atoms with Crippen LogP contribution in [0.3, 0.4) is 0 Å². The average molecular weight is 266 g/mol. The second-order valence-electron chi connectivity index (χ2n) is 4.04. The third kappa shape index (κ3) is 2.91. The Labute approximate surface area is 109 Å². The van der Waals surface area contributed by atoms with Gasteiger partial charge in [-0.25, -0.2) is 9.97 Å². The molecule has 7 heteroatoms. The molecule has 0 radical (unpaired) electrons. The van der Waals surface area contributed by atoms with Crippen LogP contribution in [-0.2, 0) is 0 Å². The van der Waals surface area contributed by atoms with E-state index in [9.17, 15) is 4.79 Å². The van der Waals surface area contributed by atoms with Crippen LogP contribution in [0.1, 0.15) is 29.8 Å². The van der Waals surface area contributed by atoms with E-state index in [-0.39, 0.29) is 11.0 Å². The standard InChI is InChI=1S/C11H12ClN5O/c12-11-15-8(9(18)7-14-13)6-10(16-11)17-4-2-1-3-5-17/h6-7H,1-5H2. The number of Topliss-reactive ketones (excluding diaryl/α,β-unsaturated/α-hetero) is 1. The van der Waals surface area contributed by atoms with E-state index < -0.39 is 5.78 Å². The molecule has 0 aromatic carbocycles. The van der Waals surface area contributed by atoms with Crippen molar-refractivity contribution in [1.82, 2.24) is 9.97 Å². The summed E-state index contributed by atoms with van der Waals surface area (Å²) in [5.74, 6) is 0.143. The van der Waals surface area contributed by atoms with E-state index in [0.717, 1.165) is 32.1 Å². The molecule has 1 aliphatic heterocycles. The van der Waals surface area contributed by atoms with E-state index in [0.29, 0.717) is 5.82 Å². The summed E-state index contributed by atoms with van der Waals surface area (Å²) >= 11 is 5.81. The Hall–Kier alpha value is -1.78. The average Bonchev–Trinajstić information content (AvgIpc) is 2.39. The number of piperidine rings is 1. The van der Waals surface area contributed by atoms with E-state index in [1.54, 1.807) is 6.07 Å². The number of carbonyl (C=O) groups excluding carboxylic acids is 1. The van der Waals surface area contributed by atoms with E-state index in [2.05, 4.69) is 19.7 Å². The number of halogens is 1. The fourth-order valence-electron chi connectivity index (χ4n) is 1.94. The number of hydrogen-bond donors (Lipinski definition) is 0. The minimum atomic E-state index is -0.500. The molecule has 0 amide bonds. The molecule has 2 heterocycles. The largest absolute Gasteiger partial charge is 0.361 e. The molecule has 1 aliphatic rings. The van der Waals surface area contributed by atoms with Crippen molar-refractivity contribution < 1.29 is 9.58 Å². The van der Waals surface area contributed by atoms with Crippen molar-refractivity contribution in [2.24, 2.45) is 0 Å². The van der Waals surface area contributed by atoms with Gasteiger partial charge in [-0.3, -0.25) is 4.79 Å². The first-order chi connectivity index (χ1) is 8.70. The lowest BCUT2D eigenvalue weighted by molar-refractivity contribution is 0.00230. The zero-order valence-electron chi connectivity index (χ0n) is 9.71. The van der Waals surface area contributed by atoms with Crippen LogP contribution >= 0.6 is 11.6 Å². The summed E-state index contributed by atoms with van der Waals surface area (Å²) in [6, 6.07) is 1.57. The number of rotatable bonds is 3. The third-order valence-corrected chi connectivity index (χ3v) is 2.96. The Morgan fingerprint density at radius 3 is 2.78 bits per heavy atom.